The first-order chi connectivity index (χ1) is 5.54. The summed E-state index contributed by atoms with van der Waals surface area (Å²) in [4.78, 5) is 9.89. The summed E-state index contributed by atoms with van der Waals surface area (Å²) in [5, 5.41) is 10.2. The van der Waals surface area contributed by atoms with Crippen molar-refractivity contribution in [2.45, 2.75) is 11.8 Å². The smallest absolute Gasteiger partial charge is 0.258 e. The summed E-state index contributed by atoms with van der Waals surface area (Å²) in [6, 6.07) is 2.50. The molecule has 1 rings (SSSR count). The molecular weight excluding hydrogens is 181 g/mol. The van der Waals surface area contributed by atoms with Crippen molar-refractivity contribution in [3.8, 4) is 0 Å². The molecule has 0 bridgehead atoms. The minimum absolute atomic E-state index is 0.201. The summed E-state index contributed by atoms with van der Waals surface area (Å²) >= 11 is 3.92. The highest BCUT2D eigenvalue weighted by atomic mass is 32.1. The first-order valence-electron chi connectivity index (χ1n) is 3.16. The number of benzene rings is 1. The van der Waals surface area contributed by atoms with Gasteiger partial charge in [-0.15, -0.1) is 12.6 Å². The van der Waals surface area contributed by atoms with Crippen molar-refractivity contribution < 1.29 is 9.31 Å². The van der Waals surface area contributed by atoms with Crippen LogP contribution in [0.25, 0.3) is 0 Å². The number of hydrogen-bond acceptors (Lipinski definition) is 3. The van der Waals surface area contributed by atoms with Gasteiger partial charge in [0.2, 0.25) is 5.82 Å². The highest BCUT2D eigenvalue weighted by molar-refractivity contribution is 7.80. The van der Waals surface area contributed by atoms with Crippen LogP contribution in [0.15, 0.2) is 17.0 Å². The summed E-state index contributed by atoms with van der Waals surface area (Å²) in [7, 11) is 0. The zero-order valence-corrected chi connectivity index (χ0v) is 7.14. The van der Waals surface area contributed by atoms with Crippen molar-refractivity contribution in [1.82, 2.24) is 0 Å². The molecule has 1 aromatic carbocycles. The van der Waals surface area contributed by atoms with Crippen molar-refractivity contribution >= 4 is 18.3 Å². The van der Waals surface area contributed by atoms with Gasteiger partial charge in [-0.1, -0.05) is 0 Å². The van der Waals surface area contributed by atoms with E-state index in [1.165, 1.54) is 13.0 Å². The van der Waals surface area contributed by atoms with E-state index in [9.17, 15) is 14.5 Å². The normalized spacial score (nSPS) is 9.92. The molecule has 0 amide bonds. The standard InChI is InChI=1S/C7H6FNO2S/c1-4-6(12)3-2-5(7(4)8)9(10)11/h2-3,12H,1H3. The Morgan fingerprint density at radius 3 is 2.67 bits per heavy atom. The molecule has 0 fully saturated rings. The average molecular weight is 187 g/mol. The lowest BCUT2D eigenvalue weighted by atomic mass is 10.2. The maximum Gasteiger partial charge on any atom is 0.305 e. The number of nitrogens with zero attached hydrogens (tertiary/aromatic N) is 1. The van der Waals surface area contributed by atoms with Crippen LogP contribution in [0.5, 0.6) is 0 Å². The van der Waals surface area contributed by atoms with Gasteiger partial charge in [0.05, 0.1) is 4.92 Å². The largest absolute Gasteiger partial charge is 0.305 e. The highest BCUT2D eigenvalue weighted by Crippen LogP contribution is 2.24. The third-order valence-electron chi connectivity index (χ3n) is 1.53. The third-order valence-corrected chi connectivity index (χ3v) is 2.02. The number of halogens is 1. The molecule has 0 saturated heterocycles. The highest BCUT2D eigenvalue weighted by Gasteiger charge is 2.16. The fraction of sp³-hybridized carbons (Fsp3) is 0.143. The second-order valence-corrected chi connectivity index (χ2v) is 2.78. The monoisotopic (exact) mass is 187 g/mol. The molecular formula is C7H6FNO2S. The molecule has 0 aliphatic heterocycles. The molecule has 1 aromatic rings. The fourth-order valence-electron chi connectivity index (χ4n) is 0.802. The second kappa shape index (κ2) is 3.10. The predicted molar refractivity (Wildman–Crippen MR) is 45.0 cm³/mol. The number of thiol groups is 1. The van der Waals surface area contributed by atoms with Crippen LogP contribution in [0.3, 0.4) is 0 Å². The minimum Gasteiger partial charge on any atom is -0.258 e. The molecule has 0 heterocycles. The van der Waals surface area contributed by atoms with E-state index in [1.807, 2.05) is 0 Å². The number of hydrogen-bond donors (Lipinski definition) is 1. The van der Waals surface area contributed by atoms with Crippen LogP contribution < -0.4 is 0 Å². The van der Waals surface area contributed by atoms with Crippen LogP contribution in [0.4, 0.5) is 10.1 Å². The van der Waals surface area contributed by atoms with Crippen LogP contribution in [0.2, 0.25) is 0 Å². The molecule has 0 saturated carbocycles. The summed E-state index contributed by atoms with van der Waals surface area (Å²) < 4.78 is 13.0. The van der Waals surface area contributed by atoms with Gasteiger partial charge in [0, 0.05) is 16.5 Å². The maximum atomic E-state index is 13.0. The van der Waals surface area contributed by atoms with E-state index in [0.29, 0.717) is 4.90 Å². The molecule has 0 aromatic heterocycles. The van der Waals surface area contributed by atoms with Gasteiger partial charge in [0.25, 0.3) is 0 Å². The zero-order valence-electron chi connectivity index (χ0n) is 6.24. The lowest BCUT2D eigenvalue weighted by molar-refractivity contribution is -0.387. The first kappa shape index (κ1) is 8.99. The molecule has 0 aliphatic rings. The van der Waals surface area contributed by atoms with Gasteiger partial charge in [-0.3, -0.25) is 10.1 Å². The summed E-state index contributed by atoms with van der Waals surface area (Å²) in [6.07, 6.45) is 0. The summed E-state index contributed by atoms with van der Waals surface area (Å²) in [5.74, 6) is -0.812. The second-order valence-electron chi connectivity index (χ2n) is 2.30. The third kappa shape index (κ3) is 1.40. The molecule has 0 radical (unpaired) electrons. The van der Waals surface area contributed by atoms with E-state index >= 15 is 0 Å². The zero-order chi connectivity index (χ0) is 9.30. The number of rotatable bonds is 1. The van der Waals surface area contributed by atoms with E-state index in [0.717, 1.165) is 6.07 Å². The molecule has 3 nitrogen and oxygen atoms in total. The molecule has 0 spiro atoms. The van der Waals surface area contributed by atoms with E-state index in [4.69, 9.17) is 0 Å². The predicted octanol–water partition coefficient (Wildman–Crippen LogP) is 2.33. The Bertz CT molecular complexity index is 340. The Labute approximate surface area is 73.8 Å². The fourth-order valence-corrected chi connectivity index (χ4v) is 0.974. The Kier molecular flexibility index (Phi) is 2.32. The molecule has 12 heavy (non-hydrogen) atoms. The average Bonchev–Trinajstić information content (AvgIpc) is 2.00. The van der Waals surface area contributed by atoms with Crippen LogP contribution >= 0.6 is 12.6 Å². The summed E-state index contributed by atoms with van der Waals surface area (Å²) in [6.45, 7) is 1.45. The molecule has 0 N–H and O–H groups in total. The Morgan fingerprint density at radius 1 is 1.58 bits per heavy atom. The van der Waals surface area contributed by atoms with E-state index in [-0.39, 0.29) is 5.56 Å². The number of nitro benzene ring substituents is 1. The lowest BCUT2D eigenvalue weighted by Gasteiger charge is -1.99. The Balaban J connectivity index is 3.36. The molecule has 5 heteroatoms. The van der Waals surface area contributed by atoms with Gasteiger partial charge in [-0.25, -0.2) is 0 Å². The number of nitro groups is 1. The van der Waals surface area contributed by atoms with Crippen molar-refractivity contribution in [2.24, 2.45) is 0 Å². The molecule has 64 valence electrons. The Morgan fingerprint density at radius 2 is 2.17 bits per heavy atom. The van der Waals surface area contributed by atoms with Crippen LogP contribution in [-0.2, 0) is 0 Å². The van der Waals surface area contributed by atoms with Crippen molar-refractivity contribution in [2.75, 3.05) is 0 Å². The Hall–Kier alpha value is -1.10. The van der Waals surface area contributed by atoms with Crippen molar-refractivity contribution in [3.05, 3.63) is 33.6 Å². The quantitative estimate of drug-likeness (QED) is 0.416. The van der Waals surface area contributed by atoms with Crippen LogP contribution in [-0.4, -0.2) is 4.92 Å². The van der Waals surface area contributed by atoms with Crippen LogP contribution in [0.1, 0.15) is 5.56 Å². The van der Waals surface area contributed by atoms with E-state index < -0.39 is 16.4 Å². The van der Waals surface area contributed by atoms with Crippen molar-refractivity contribution in [3.63, 3.8) is 0 Å². The molecule has 0 aliphatic carbocycles. The van der Waals surface area contributed by atoms with Gasteiger partial charge in [-0.2, -0.15) is 4.39 Å². The van der Waals surface area contributed by atoms with Gasteiger partial charge < -0.3 is 0 Å². The lowest BCUT2D eigenvalue weighted by Crippen LogP contribution is -1.95. The van der Waals surface area contributed by atoms with Crippen molar-refractivity contribution in [1.29, 1.82) is 0 Å². The van der Waals surface area contributed by atoms with Gasteiger partial charge in [-0.05, 0) is 13.0 Å². The summed E-state index contributed by atoms with van der Waals surface area (Å²) in [5.41, 5.74) is -0.308. The topological polar surface area (TPSA) is 43.1 Å². The first-order valence-corrected chi connectivity index (χ1v) is 3.61. The SMILES string of the molecule is Cc1c(S)ccc([N+](=O)[O-])c1F. The van der Waals surface area contributed by atoms with Gasteiger partial charge in [0.1, 0.15) is 0 Å². The molecule has 0 atom stereocenters. The van der Waals surface area contributed by atoms with E-state index in [1.54, 1.807) is 0 Å². The van der Waals surface area contributed by atoms with Crippen LogP contribution in [0, 0.1) is 22.9 Å². The minimum atomic E-state index is -0.812. The van der Waals surface area contributed by atoms with Gasteiger partial charge >= 0.3 is 5.69 Å². The molecule has 0 unspecified atom stereocenters. The van der Waals surface area contributed by atoms with E-state index in [2.05, 4.69) is 12.6 Å². The van der Waals surface area contributed by atoms with Gasteiger partial charge in [0.15, 0.2) is 0 Å². The maximum absolute atomic E-state index is 13.0.